The van der Waals surface area contributed by atoms with Crippen LogP contribution >= 0.6 is 0 Å². The number of piperidine rings is 1. The van der Waals surface area contributed by atoms with Crippen LogP contribution in [0.3, 0.4) is 0 Å². The van der Waals surface area contributed by atoms with Crippen LogP contribution in [0.25, 0.3) is 0 Å². The molecule has 1 aliphatic heterocycles. The summed E-state index contributed by atoms with van der Waals surface area (Å²) in [7, 11) is 0. The van der Waals surface area contributed by atoms with Crippen LogP contribution in [-0.4, -0.2) is 27.5 Å². The second-order valence-corrected chi connectivity index (χ2v) is 5.88. The minimum absolute atomic E-state index is 0.553. The molecule has 112 valence electrons. The zero-order valence-electron chi connectivity index (χ0n) is 12.7. The highest BCUT2D eigenvalue weighted by molar-refractivity contribution is 5.40. The highest BCUT2D eigenvalue weighted by Gasteiger charge is 2.22. The molecule has 0 amide bonds. The number of nitrogen functional groups attached to an aromatic ring is 1. The van der Waals surface area contributed by atoms with Gasteiger partial charge in [0.1, 0.15) is 5.82 Å². The van der Waals surface area contributed by atoms with Crippen molar-refractivity contribution in [3.63, 3.8) is 0 Å². The predicted octanol–water partition coefficient (Wildman–Crippen LogP) is 2.86. The van der Waals surface area contributed by atoms with Gasteiger partial charge in [-0.15, -0.1) is 0 Å². The fourth-order valence-corrected chi connectivity index (χ4v) is 3.30. The van der Waals surface area contributed by atoms with Crippen molar-refractivity contribution in [2.75, 3.05) is 18.8 Å². The molecule has 0 radical (unpaired) electrons. The fourth-order valence-electron chi connectivity index (χ4n) is 3.30. The van der Waals surface area contributed by atoms with Crippen molar-refractivity contribution in [2.24, 2.45) is 0 Å². The van der Waals surface area contributed by atoms with Crippen LogP contribution in [-0.2, 0) is 13.0 Å². The van der Waals surface area contributed by atoms with Crippen LogP contribution in [0.1, 0.15) is 37.2 Å². The van der Waals surface area contributed by atoms with E-state index >= 15 is 0 Å². The summed E-state index contributed by atoms with van der Waals surface area (Å²) in [6.07, 6.45) is 7.55. The van der Waals surface area contributed by atoms with Gasteiger partial charge in [-0.05, 0) is 37.1 Å². The molecule has 1 aromatic heterocycles. The molecule has 3 rings (SSSR count). The molecule has 2 N–H and O–H groups in total. The zero-order valence-corrected chi connectivity index (χ0v) is 12.7. The molecule has 0 saturated carbocycles. The second-order valence-electron chi connectivity index (χ2n) is 5.88. The number of imidazole rings is 1. The monoisotopic (exact) mass is 284 g/mol. The van der Waals surface area contributed by atoms with E-state index in [0.29, 0.717) is 6.04 Å². The molecule has 4 nitrogen and oxygen atoms in total. The van der Waals surface area contributed by atoms with Gasteiger partial charge in [0.2, 0.25) is 0 Å². The van der Waals surface area contributed by atoms with E-state index in [1.807, 2.05) is 18.3 Å². The van der Waals surface area contributed by atoms with Gasteiger partial charge in [0.15, 0.2) is 0 Å². The number of likely N-dealkylation sites (tertiary alicyclic amines) is 1. The summed E-state index contributed by atoms with van der Waals surface area (Å²) in [6, 6.07) is 8.78. The van der Waals surface area contributed by atoms with Crippen molar-refractivity contribution >= 4 is 5.69 Å². The Balaban J connectivity index is 1.68. The zero-order chi connectivity index (χ0) is 14.7. The topological polar surface area (TPSA) is 47.1 Å². The third kappa shape index (κ3) is 3.27. The number of benzene rings is 1. The number of rotatable bonds is 4. The fraction of sp³-hybridized carbons (Fsp3) is 0.471. The van der Waals surface area contributed by atoms with Crippen LogP contribution < -0.4 is 5.73 Å². The van der Waals surface area contributed by atoms with Gasteiger partial charge in [0, 0.05) is 43.6 Å². The Morgan fingerprint density at radius 3 is 3.10 bits per heavy atom. The standard InChI is InChI=1S/C17H24N4/c1-2-17-19-8-10-21(17)16-7-4-9-20(13-16)12-14-5-3-6-15(18)11-14/h3,5-6,8,10-11,16H,2,4,7,9,12-13,18H2,1H3. The number of nitrogens with zero attached hydrogens (tertiary/aromatic N) is 3. The molecule has 1 unspecified atom stereocenters. The minimum atomic E-state index is 0.553. The van der Waals surface area contributed by atoms with Gasteiger partial charge in [-0.25, -0.2) is 4.98 Å². The molecule has 1 aromatic carbocycles. The van der Waals surface area contributed by atoms with E-state index in [1.165, 1.54) is 30.8 Å². The van der Waals surface area contributed by atoms with E-state index in [0.717, 1.165) is 25.2 Å². The van der Waals surface area contributed by atoms with Gasteiger partial charge in [0.25, 0.3) is 0 Å². The van der Waals surface area contributed by atoms with Crippen molar-refractivity contribution in [3.8, 4) is 0 Å². The number of nitrogens with two attached hydrogens (primary N) is 1. The van der Waals surface area contributed by atoms with Crippen LogP contribution in [0.4, 0.5) is 5.69 Å². The van der Waals surface area contributed by atoms with E-state index in [-0.39, 0.29) is 0 Å². The lowest BCUT2D eigenvalue weighted by atomic mass is 10.0. The Kier molecular flexibility index (Phi) is 4.25. The lowest BCUT2D eigenvalue weighted by molar-refractivity contribution is 0.168. The van der Waals surface area contributed by atoms with Crippen LogP contribution in [0, 0.1) is 0 Å². The van der Waals surface area contributed by atoms with E-state index in [2.05, 4.69) is 39.7 Å². The third-order valence-corrected chi connectivity index (χ3v) is 4.30. The lowest BCUT2D eigenvalue weighted by Crippen LogP contribution is -2.36. The average molecular weight is 284 g/mol. The van der Waals surface area contributed by atoms with Crippen molar-refractivity contribution in [3.05, 3.63) is 48.0 Å². The van der Waals surface area contributed by atoms with Crippen LogP contribution in [0.2, 0.25) is 0 Å². The van der Waals surface area contributed by atoms with Crippen LogP contribution in [0.15, 0.2) is 36.7 Å². The summed E-state index contributed by atoms with van der Waals surface area (Å²) in [5, 5.41) is 0. The van der Waals surface area contributed by atoms with E-state index in [9.17, 15) is 0 Å². The van der Waals surface area contributed by atoms with Crippen molar-refractivity contribution in [1.82, 2.24) is 14.5 Å². The molecular weight excluding hydrogens is 260 g/mol. The maximum absolute atomic E-state index is 5.88. The second kappa shape index (κ2) is 6.31. The Hall–Kier alpha value is -1.81. The van der Waals surface area contributed by atoms with Gasteiger partial charge >= 0.3 is 0 Å². The lowest BCUT2D eigenvalue weighted by Gasteiger charge is -2.34. The van der Waals surface area contributed by atoms with Gasteiger partial charge in [-0.3, -0.25) is 4.90 Å². The Morgan fingerprint density at radius 2 is 2.29 bits per heavy atom. The van der Waals surface area contributed by atoms with Gasteiger partial charge in [-0.1, -0.05) is 19.1 Å². The summed E-state index contributed by atoms with van der Waals surface area (Å²) >= 11 is 0. The molecule has 2 aromatic rings. The summed E-state index contributed by atoms with van der Waals surface area (Å²) < 4.78 is 2.37. The maximum atomic E-state index is 5.88. The maximum Gasteiger partial charge on any atom is 0.108 e. The first kappa shape index (κ1) is 14.1. The van der Waals surface area contributed by atoms with Crippen molar-refractivity contribution in [2.45, 2.75) is 38.8 Å². The number of aromatic nitrogens is 2. The molecule has 0 aliphatic carbocycles. The highest BCUT2D eigenvalue weighted by Crippen LogP contribution is 2.24. The molecule has 1 aliphatic rings. The predicted molar refractivity (Wildman–Crippen MR) is 86.0 cm³/mol. The molecule has 0 bridgehead atoms. The average Bonchev–Trinajstić information content (AvgIpc) is 2.96. The molecule has 1 fully saturated rings. The largest absolute Gasteiger partial charge is 0.399 e. The first-order valence-corrected chi connectivity index (χ1v) is 7.84. The Labute approximate surface area is 126 Å². The number of aryl methyl sites for hydroxylation is 1. The summed E-state index contributed by atoms with van der Waals surface area (Å²) in [4.78, 5) is 6.99. The van der Waals surface area contributed by atoms with E-state index < -0.39 is 0 Å². The first-order valence-electron chi connectivity index (χ1n) is 7.84. The minimum Gasteiger partial charge on any atom is -0.399 e. The number of anilines is 1. The van der Waals surface area contributed by atoms with E-state index in [4.69, 9.17) is 5.73 Å². The van der Waals surface area contributed by atoms with Crippen molar-refractivity contribution < 1.29 is 0 Å². The smallest absolute Gasteiger partial charge is 0.108 e. The Bertz CT molecular complexity index is 590. The van der Waals surface area contributed by atoms with Crippen LogP contribution in [0.5, 0.6) is 0 Å². The molecule has 0 spiro atoms. The van der Waals surface area contributed by atoms with Gasteiger partial charge < -0.3 is 10.3 Å². The highest BCUT2D eigenvalue weighted by atomic mass is 15.2. The molecule has 1 atom stereocenters. The normalized spacial score (nSPS) is 19.8. The quantitative estimate of drug-likeness (QED) is 0.878. The number of hydrogen-bond donors (Lipinski definition) is 1. The third-order valence-electron chi connectivity index (χ3n) is 4.30. The summed E-state index contributed by atoms with van der Waals surface area (Å²) in [6.45, 7) is 5.42. The molecule has 2 heterocycles. The van der Waals surface area contributed by atoms with Gasteiger partial charge in [0.05, 0.1) is 0 Å². The van der Waals surface area contributed by atoms with Crippen molar-refractivity contribution in [1.29, 1.82) is 0 Å². The van der Waals surface area contributed by atoms with E-state index in [1.54, 1.807) is 0 Å². The Morgan fingerprint density at radius 1 is 1.38 bits per heavy atom. The molecular formula is C17H24N4. The number of hydrogen-bond acceptors (Lipinski definition) is 3. The van der Waals surface area contributed by atoms with Gasteiger partial charge in [-0.2, -0.15) is 0 Å². The first-order chi connectivity index (χ1) is 10.3. The SMILES string of the molecule is CCc1nccn1C1CCCN(Cc2cccc(N)c2)C1. The summed E-state index contributed by atoms with van der Waals surface area (Å²) in [5.74, 6) is 1.20. The molecule has 21 heavy (non-hydrogen) atoms. The summed E-state index contributed by atoms with van der Waals surface area (Å²) in [5.41, 5.74) is 8.03. The molecule has 1 saturated heterocycles. The molecule has 4 heteroatoms.